The highest BCUT2D eigenvalue weighted by atomic mass is 16.2. The second kappa shape index (κ2) is 7.51. The molecule has 5 aliphatic carbocycles. The predicted octanol–water partition coefficient (Wildman–Crippen LogP) is 4.00. The van der Waals surface area contributed by atoms with Gasteiger partial charge in [-0.2, -0.15) is 0 Å². The molecule has 5 fully saturated rings. The number of hydrogen-bond acceptors (Lipinski definition) is 4. The van der Waals surface area contributed by atoms with Gasteiger partial charge in [0.2, 0.25) is 5.91 Å². The monoisotopic (exact) mass is 398 g/mol. The Morgan fingerprint density at radius 1 is 1.10 bits per heavy atom. The van der Waals surface area contributed by atoms with Gasteiger partial charge in [-0.05, 0) is 81.0 Å². The average molecular weight is 399 g/mol. The molecule has 6 heteroatoms. The van der Waals surface area contributed by atoms with Gasteiger partial charge in [0.25, 0.3) is 5.56 Å². The summed E-state index contributed by atoms with van der Waals surface area (Å²) in [6.45, 7) is 1.99. The standard InChI is InChI=1S/C23H34N4O2/c1-2-18(20-22(29)25-21(27-26-20)17-5-3-4-6-17)24-19(28)13-23-10-14-7-15(11-23)9-16(8-14)12-23/h14-18H,2-13H2,1H3,(H,24,28)(H,25,27,29). The van der Waals surface area contributed by atoms with Gasteiger partial charge in [-0.15, -0.1) is 10.2 Å². The van der Waals surface area contributed by atoms with Crippen molar-refractivity contribution in [2.75, 3.05) is 0 Å². The van der Waals surface area contributed by atoms with Gasteiger partial charge in [-0.3, -0.25) is 9.59 Å². The number of nitrogens with one attached hydrogen (secondary N) is 2. The van der Waals surface area contributed by atoms with Gasteiger partial charge >= 0.3 is 0 Å². The number of carbonyl (C=O) groups excluding carboxylic acids is 1. The molecule has 1 heterocycles. The van der Waals surface area contributed by atoms with E-state index in [0.717, 1.165) is 30.6 Å². The molecule has 1 aromatic rings. The maximum atomic E-state index is 13.0. The molecular formula is C23H34N4O2. The van der Waals surface area contributed by atoms with Crippen molar-refractivity contribution < 1.29 is 4.79 Å². The van der Waals surface area contributed by atoms with Gasteiger partial charge in [0, 0.05) is 12.3 Å². The van der Waals surface area contributed by atoms with Crippen molar-refractivity contribution >= 4 is 5.91 Å². The van der Waals surface area contributed by atoms with Crippen LogP contribution in [0.2, 0.25) is 0 Å². The lowest BCUT2D eigenvalue weighted by atomic mass is 9.49. The van der Waals surface area contributed by atoms with Gasteiger partial charge < -0.3 is 10.3 Å². The Morgan fingerprint density at radius 2 is 1.72 bits per heavy atom. The third-order valence-corrected chi connectivity index (χ3v) is 8.26. The van der Waals surface area contributed by atoms with Crippen LogP contribution in [-0.2, 0) is 4.79 Å². The summed E-state index contributed by atoms with van der Waals surface area (Å²) in [4.78, 5) is 28.6. The van der Waals surface area contributed by atoms with E-state index in [4.69, 9.17) is 0 Å². The minimum atomic E-state index is -0.356. The molecule has 158 valence electrons. The van der Waals surface area contributed by atoms with Gasteiger partial charge in [-0.25, -0.2) is 0 Å². The maximum Gasteiger partial charge on any atom is 0.275 e. The van der Waals surface area contributed by atoms with Crippen LogP contribution in [-0.4, -0.2) is 21.1 Å². The number of rotatable bonds is 6. The summed E-state index contributed by atoms with van der Waals surface area (Å²) in [6.07, 6.45) is 13.6. The summed E-state index contributed by atoms with van der Waals surface area (Å²) in [6, 6.07) is -0.356. The molecule has 1 atom stereocenters. The quantitative estimate of drug-likeness (QED) is 0.758. The Morgan fingerprint density at radius 3 is 2.28 bits per heavy atom. The molecule has 5 aliphatic rings. The lowest BCUT2D eigenvalue weighted by Crippen LogP contribution is -2.48. The van der Waals surface area contributed by atoms with E-state index in [1.54, 1.807) is 0 Å². The Bertz CT molecular complexity index is 791. The number of hydrogen-bond donors (Lipinski definition) is 2. The second-order valence-corrected chi connectivity index (χ2v) is 10.5. The number of aromatic amines is 1. The first-order chi connectivity index (χ1) is 14.0. The SMILES string of the molecule is CCC(NC(=O)CC12CC3CC(CC(C3)C1)C2)c1nnc(C2CCCC2)[nH]c1=O. The molecule has 1 aromatic heterocycles. The molecule has 6 nitrogen and oxygen atoms in total. The minimum Gasteiger partial charge on any atom is -0.347 e. The average Bonchev–Trinajstić information content (AvgIpc) is 3.19. The highest BCUT2D eigenvalue weighted by molar-refractivity contribution is 5.77. The maximum absolute atomic E-state index is 13.0. The molecule has 5 saturated carbocycles. The fourth-order valence-corrected chi connectivity index (χ4v) is 7.43. The summed E-state index contributed by atoms with van der Waals surface area (Å²) >= 11 is 0. The number of aromatic nitrogens is 3. The number of H-pyrrole nitrogens is 1. The van der Waals surface area contributed by atoms with E-state index in [0.29, 0.717) is 30.3 Å². The van der Waals surface area contributed by atoms with Gasteiger partial charge in [0.1, 0.15) is 5.82 Å². The van der Waals surface area contributed by atoms with E-state index in [1.165, 1.54) is 51.4 Å². The molecule has 2 N–H and O–H groups in total. The van der Waals surface area contributed by atoms with E-state index in [9.17, 15) is 9.59 Å². The first-order valence-electron chi connectivity index (χ1n) is 11.8. The number of carbonyl (C=O) groups is 1. The van der Waals surface area contributed by atoms with E-state index >= 15 is 0 Å². The molecule has 0 saturated heterocycles. The van der Waals surface area contributed by atoms with Crippen LogP contribution in [0, 0.1) is 23.2 Å². The molecular weight excluding hydrogens is 364 g/mol. The van der Waals surface area contributed by atoms with Gasteiger partial charge in [0.15, 0.2) is 5.69 Å². The zero-order valence-corrected chi connectivity index (χ0v) is 17.6. The summed E-state index contributed by atoms with van der Waals surface area (Å²) < 4.78 is 0. The Balaban J connectivity index is 1.26. The zero-order chi connectivity index (χ0) is 20.0. The lowest BCUT2D eigenvalue weighted by molar-refractivity contribution is -0.130. The zero-order valence-electron chi connectivity index (χ0n) is 17.6. The second-order valence-electron chi connectivity index (χ2n) is 10.5. The lowest BCUT2D eigenvalue weighted by Gasteiger charge is -2.56. The van der Waals surface area contributed by atoms with Crippen LogP contribution < -0.4 is 10.9 Å². The van der Waals surface area contributed by atoms with E-state index in [1.807, 2.05) is 6.92 Å². The van der Waals surface area contributed by atoms with Crippen molar-refractivity contribution in [1.29, 1.82) is 0 Å². The van der Waals surface area contributed by atoms with Crippen LogP contribution in [0.25, 0.3) is 0 Å². The molecule has 29 heavy (non-hydrogen) atoms. The largest absolute Gasteiger partial charge is 0.347 e. The van der Waals surface area contributed by atoms with Gasteiger partial charge in [0.05, 0.1) is 6.04 Å². The third-order valence-electron chi connectivity index (χ3n) is 8.26. The highest BCUT2D eigenvalue weighted by Gasteiger charge is 2.51. The van der Waals surface area contributed by atoms with E-state index in [2.05, 4.69) is 20.5 Å². The molecule has 0 aromatic carbocycles. The normalized spacial score (nSPS) is 34.4. The van der Waals surface area contributed by atoms with Crippen LogP contribution >= 0.6 is 0 Å². The van der Waals surface area contributed by atoms with Crippen LogP contribution in [0.15, 0.2) is 4.79 Å². The van der Waals surface area contributed by atoms with Crippen molar-refractivity contribution in [1.82, 2.24) is 20.5 Å². The minimum absolute atomic E-state index is 0.0832. The highest BCUT2D eigenvalue weighted by Crippen LogP contribution is 2.61. The smallest absolute Gasteiger partial charge is 0.275 e. The summed E-state index contributed by atoms with van der Waals surface area (Å²) in [5.41, 5.74) is 0.374. The molecule has 6 rings (SSSR count). The Hall–Kier alpha value is -1.72. The van der Waals surface area contributed by atoms with Crippen molar-refractivity contribution in [3.63, 3.8) is 0 Å². The molecule has 4 bridgehead atoms. The molecule has 1 unspecified atom stereocenters. The summed E-state index contributed by atoms with van der Waals surface area (Å²) in [5.74, 6) is 3.65. The Labute approximate surface area is 172 Å². The van der Waals surface area contributed by atoms with E-state index in [-0.39, 0.29) is 22.9 Å². The van der Waals surface area contributed by atoms with E-state index < -0.39 is 0 Å². The molecule has 0 radical (unpaired) electrons. The van der Waals surface area contributed by atoms with Crippen LogP contribution in [0.4, 0.5) is 0 Å². The first kappa shape index (κ1) is 19.3. The third kappa shape index (κ3) is 3.75. The topological polar surface area (TPSA) is 87.7 Å². The number of nitrogens with zero attached hydrogens (tertiary/aromatic N) is 2. The van der Waals surface area contributed by atoms with Crippen LogP contribution in [0.1, 0.15) is 107 Å². The number of amides is 1. The molecule has 0 spiro atoms. The van der Waals surface area contributed by atoms with Crippen molar-refractivity contribution in [3.05, 3.63) is 21.9 Å². The molecule has 0 aliphatic heterocycles. The van der Waals surface area contributed by atoms with Crippen molar-refractivity contribution in [2.45, 2.75) is 95.9 Å². The first-order valence-corrected chi connectivity index (χ1v) is 11.8. The summed E-state index contributed by atoms with van der Waals surface area (Å²) in [5, 5.41) is 11.7. The van der Waals surface area contributed by atoms with Crippen LogP contribution in [0.5, 0.6) is 0 Å². The van der Waals surface area contributed by atoms with Crippen LogP contribution in [0.3, 0.4) is 0 Å². The van der Waals surface area contributed by atoms with Gasteiger partial charge in [-0.1, -0.05) is 19.8 Å². The van der Waals surface area contributed by atoms with Crippen molar-refractivity contribution in [2.24, 2.45) is 23.2 Å². The molecule has 1 amide bonds. The Kier molecular flexibility index (Phi) is 4.99. The summed E-state index contributed by atoms with van der Waals surface area (Å²) in [7, 11) is 0. The fraction of sp³-hybridized carbons (Fsp3) is 0.826. The predicted molar refractivity (Wildman–Crippen MR) is 110 cm³/mol. The fourth-order valence-electron chi connectivity index (χ4n) is 7.43. The van der Waals surface area contributed by atoms with Crippen molar-refractivity contribution in [3.8, 4) is 0 Å².